The Morgan fingerprint density at radius 3 is 2.47 bits per heavy atom. The van der Waals surface area contributed by atoms with Gasteiger partial charge >= 0.3 is 0 Å². The number of hydrogen-bond donors (Lipinski definition) is 2. The van der Waals surface area contributed by atoms with Gasteiger partial charge in [0.2, 0.25) is 0 Å². The van der Waals surface area contributed by atoms with Crippen molar-refractivity contribution in [1.82, 2.24) is 9.03 Å². The van der Waals surface area contributed by atoms with Gasteiger partial charge in [-0.3, -0.25) is 0 Å². The van der Waals surface area contributed by atoms with Gasteiger partial charge in [0.15, 0.2) is 0 Å². The molecule has 102 valence electrons. The van der Waals surface area contributed by atoms with Gasteiger partial charge in [-0.1, -0.05) is 13.3 Å². The highest BCUT2D eigenvalue weighted by Gasteiger charge is 2.28. The summed E-state index contributed by atoms with van der Waals surface area (Å²) in [6.07, 6.45) is 3.32. The Hall–Kier alpha value is -0.170. The van der Waals surface area contributed by atoms with Crippen molar-refractivity contribution >= 4 is 10.2 Å². The monoisotopic (exact) mass is 264 g/mol. The lowest BCUT2D eigenvalue weighted by atomic mass is 10.00. The predicted molar refractivity (Wildman–Crippen MR) is 67.8 cm³/mol. The van der Waals surface area contributed by atoms with Crippen LogP contribution in [0.15, 0.2) is 0 Å². The largest absolute Gasteiger partial charge is 0.396 e. The zero-order valence-electron chi connectivity index (χ0n) is 10.7. The molecule has 0 radical (unpaired) electrons. The number of aliphatic hydroxyl groups excluding tert-OH is 1. The highest BCUT2D eigenvalue weighted by molar-refractivity contribution is 7.87. The van der Waals surface area contributed by atoms with Crippen LogP contribution in [0.2, 0.25) is 0 Å². The van der Waals surface area contributed by atoms with E-state index in [1.165, 1.54) is 4.31 Å². The van der Waals surface area contributed by atoms with Gasteiger partial charge in [-0.05, 0) is 32.1 Å². The smallest absolute Gasteiger partial charge is 0.279 e. The molecular weight excluding hydrogens is 240 g/mol. The van der Waals surface area contributed by atoms with Crippen molar-refractivity contribution in [2.24, 2.45) is 5.92 Å². The van der Waals surface area contributed by atoms with Crippen molar-refractivity contribution in [3.05, 3.63) is 0 Å². The van der Waals surface area contributed by atoms with Crippen LogP contribution in [0.1, 0.15) is 39.5 Å². The lowest BCUT2D eigenvalue weighted by Crippen LogP contribution is -2.47. The summed E-state index contributed by atoms with van der Waals surface area (Å²) in [5.41, 5.74) is 0. The fourth-order valence-electron chi connectivity index (χ4n) is 2.15. The van der Waals surface area contributed by atoms with E-state index in [0.29, 0.717) is 13.1 Å². The average Bonchev–Trinajstić information content (AvgIpc) is 2.28. The highest BCUT2D eigenvalue weighted by Crippen LogP contribution is 2.18. The molecule has 0 aromatic heterocycles. The summed E-state index contributed by atoms with van der Waals surface area (Å²) in [7, 11) is -3.33. The van der Waals surface area contributed by atoms with Crippen molar-refractivity contribution < 1.29 is 13.5 Å². The minimum Gasteiger partial charge on any atom is -0.396 e. The molecule has 1 unspecified atom stereocenters. The molecule has 0 spiro atoms. The fraction of sp³-hybridized carbons (Fsp3) is 1.00. The molecular formula is C11H24N2O3S. The Labute approximate surface area is 104 Å². The first-order chi connectivity index (χ1) is 7.99. The molecule has 1 aliphatic heterocycles. The quantitative estimate of drug-likeness (QED) is 0.742. The van der Waals surface area contributed by atoms with Crippen molar-refractivity contribution in [1.29, 1.82) is 0 Å². The molecule has 5 nitrogen and oxygen atoms in total. The number of hydrogen-bond acceptors (Lipinski definition) is 3. The predicted octanol–water partition coefficient (Wildman–Crippen LogP) is 0.714. The topological polar surface area (TPSA) is 69.6 Å². The third-order valence-electron chi connectivity index (χ3n) is 3.24. The van der Waals surface area contributed by atoms with Crippen LogP contribution in [0.25, 0.3) is 0 Å². The summed E-state index contributed by atoms with van der Waals surface area (Å²) in [6, 6.07) is -0.0134. The van der Waals surface area contributed by atoms with Crippen molar-refractivity contribution in [3.63, 3.8) is 0 Å². The molecule has 1 heterocycles. The number of rotatable bonds is 6. The van der Waals surface area contributed by atoms with E-state index < -0.39 is 10.2 Å². The Morgan fingerprint density at radius 1 is 1.41 bits per heavy atom. The maximum absolute atomic E-state index is 12.0. The number of nitrogens with zero attached hydrogens (tertiary/aromatic N) is 1. The van der Waals surface area contributed by atoms with Crippen LogP contribution in [0, 0.1) is 5.92 Å². The Bertz CT molecular complexity index is 311. The van der Waals surface area contributed by atoms with Gasteiger partial charge in [-0.2, -0.15) is 17.4 Å². The van der Waals surface area contributed by atoms with E-state index in [0.717, 1.165) is 25.7 Å². The van der Waals surface area contributed by atoms with Gasteiger partial charge in [-0.15, -0.1) is 0 Å². The van der Waals surface area contributed by atoms with Crippen molar-refractivity contribution in [3.8, 4) is 0 Å². The lowest BCUT2D eigenvalue weighted by Gasteiger charge is -2.31. The van der Waals surface area contributed by atoms with Crippen molar-refractivity contribution in [2.45, 2.75) is 45.6 Å². The molecule has 0 saturated carbocycles. The van der Waals surface area contributed by atoms with Crippen molar-refractivity contribution in [2.75, 3.05) is 19.7 Å². The van der Waals surface area contributed by atoms with E-state index in [2.05, 4.69) is 4.72 Å². The third kappa shape index (κ3) is 4.54. The Balaban J connectivity index is 2.48. The second-order valence-electron chi connectivity index (χ2n) is 4.84. The summed E-state index contributed by atoms with van der Waals surface area (Å²) in [6.45, 7) is 5.12. The summed E-state index contributed by atoms with van der Waals surface area (Å²) >= 11 is 0. The van der Waals surface area contributed by atoms with Gasteiger partial charge in [-0.25, -0.2) is 0 Å². The second kappa shape index (κ2) is 6.68. The molecule has 1 aliphatic rings. The van der Waals surface area contributed by atoms with Crippen LogP contribution >= 0.6 is 0 Å². The van der Waals surface area contributed by atoms with Crippen LogP contribution < -0.4 is 4.72 Å². The summed E-state index contributed by atoms with van der Waals surface area (Å²) in [4.78, 5) is 0. The van der Waals surface area contributed by atoms with E-state index >= 15 is 0 Å². The maximum Gasteiger partial charge on any atom is 0.279 e. The fourth-order valence-corrected chi connectivity index (χ4v) is 3.62. The molecule has 6 heteroatoms. The van der Waals surface area contributed by atoms with E-state index in [9.17, 15) is 8.42 Å². The van der Waals surface area contributed by atoms with Crippen LogP contribution in [-0.2, 0) is 10.2 Å². The first-order valence-corrected chi connectivity index (χ1v) is 7.81. The standard InChI is InChI=1S/C11H24N2O3S/c1-3-4-10(2)12-17(15,16)13-7-5-11(9-14)6-8-13/h10-12,14H,3-9H2,1-2H3. The first-order valence-electron chi connectivity index (χ1n) is 6.37. The zero-order chi connectivity index (χ0) is 12.9. The van der Waals surface area contributed by atoms with E-state index in [1.54, 1.807) is 0 Å². The van der Waals surface area contributed by atoms with Gasteiger partial charge in [0.05, 0.1) is 0 Å². The Kier molecular flexibility index (Phi) is 5.85. The number of nitrogens with one attached hydrogen (secondary N) is 1. The molecule has 2 N–H and O–H groups in total. The molecule has 0 aromatic rings. The minimum absolute atomic E-state index is 0.0134. The van der Waals surface area contributed by atoms with Crippen LogP contribution in [0.5, 0.6) is 0 Å². The van der Waals surface area contributed by atoms with Gasteiger partial charge in [0.1, 0.15) is 0 Å². The molecule has 1 saturated heterocycles. The lowest BCUT2D eigenvalue weighted by molar-refractivity contribution is 0.169. The summed E-state index contributed by atoms with van der Waals surface area (Å²) < 4.78 is 28.2. The van der Waals surface area contributed by atoms with Crippen LogP contribution in [-0.4, -0.2) is 43.6 Å². The van der Waals surface area contributed by atoms with E-state index in [4.69, 9.17) is 5.11 Å². The molecule has 0 aliphatic carbocycles. The molecule has 1 rings (SSSR count). The molecule has 1 atom stereocenters. The highest BCUT2D eigenvalue weighted by atomic mass is 32.2. The summed E-state index contributed by atoms with van der Waals surface area (Å²) in [5.74, 6) is 0.259. The molecule has 0 aromatic carbocycles. The van der Waals surface area contributed by atoms with Crippen LogP contribution in [0.4, 0.5) is 0 Å². The Morgan fingerprint density at radius 2 is 2.00 bits per heavy atom. The van der Waals surface area contributed by atoms with Gasteiger partial charge < -0.3 is 5.11 Å². The zero-order valence-corrected chi connectivity index (χ0v) is 11.5. The van der Waals surface area contributed by atoms with Gasteiger partial charge in [0, 0.05) is 25.7 Å². The molecule has 17 heavy (non-hydrogen) atoms. The average molecular weight is 264 g/mol. The van der Waals surface area contributed by atoms with Gasteiger partial charge in [0.25, 0.3) is 10.2 Å². The maximum atomic E-state index is 12.0. The SMILES string of the molecule is CCCC(C)NS(=O)(=O)N1CCC(CO)CC1. The number of aliphatic hydroxyl groups is 1. The summed E-state index contributed by atoms with van der Waals surface area (Å²) in [5, 5.41) is 9.01. The minimum atomic E-state index is -3.33. The van der Waals surface area contributed by atoms with E-state index in [-0.39, 0.29) is 18.6 Å². The van der Waals surface area contributed by atoms with E-state index in [1.807, 2.05) is 13.8 Å². The molecule has 0 amide bonds. The second-order valence-corrected chi connectivity index (χ2v) is 6.54. The number of piperidine rings is 1. The molecule has 1 fully saturated rings. The molecule has 0 bridgehead atoms. The van der Waals surface area contributed by atoms with Crippen LogP contribution in [0.3, 0.4) is 0 Å². The normalized spacial score (nSPS) is 21.6. The third-order valence-corrected chi connectivity index (χ3v) is 4.99. The first kappa shape index (κ1) is 14.9.